The van der Waals surface area contributed by atoms with Gasteiger partial charge in [0, 0.05) is 23.7 Å². The molecule has 0 saturated heterocycles. The highest BCUT2D eigenvalue weighted by molar-refractivity contribution is 5.26. The van der Waals surface area contributed by atoms with E-state index < -0.39 is 17.5 Å². The molecule has 4 heteroatoms. The van der Waals surface area contributed by atoms with Crippen molar-refractivity contribution in [2.45, 2.75) is 32.2 Å². The van der Waals surface area contributed by atoms with E-state index in [1.807, 2.05) is 6.92 Å². The van der Waals surface area contributed by atoms with E-state index in [4.69, 9.17) is 0 Å². The molecule has 1 aromatic rings. The monoisotopic (exact) mass is 243 g/mol. The van der Waals surface area contributed by atoms with Gasteiger partial charge in [0.05, 0.1) is 0 Å². The van der Waals surface area contributed by atoms with Crippen LogP contribution in [0.1, 0.15) is 37.8 Å². The Balaban J connectivity index is 2.28. The number of hydrogen-bond donors (Lipinski definition) is 1. The molecule has 1 N–H and O–H groups in total. The molecule has 1 nitrogen and oxygen atoms in total. The van der Waals surface area contributed by atoms with Crippen LogP contribution in [0.15, 0.2) is 12.1 Å². The Labute approximate surface area is 99.0 Å². The summed E-state index contributed by atoms with van der Waals surface area (Å²) in [6, 6.07) is 1.18. The number of hydrogen-bond acceptors (Lipinski definition) is 1. The maximum absolute atomic E-state index is 13.7. The summed E-state index contributed by atoms with van der Waals surface area (Å²) >= 11 is 0. The molecule has 1 fully saturated rings. The van der Waals surface area contributed by atoms with Crippen molar-refractivity contribution in [1.29, 1.82) is 0 Å². The lowest BCUT2D eigenvalue weighted by Gasteiger charge is -2.19. The van der Waals surface area contributed by atoms with Crippen molar-refractivity contribution in [1.82, 2.24) is 5.32 Å². The minimum atomic E-state index is -0.867. The molecule has 2 rings (SSSR count). The Morgan fingerprint density at radius 1 is 1.24 bits per heavy atom. The highest BCUT2D eigenvalue weighted by Gasteiger charge is 2.35. The van der Waals surface area contributed by atoms with Gasteiger partial charge >= 0.3 is 0 Å². The highest BCUT2D eigenvalue weighted by atomic mass is 19.1. The van der Waals surface area contributed by atoms with Crippen LogP contribution in [0.2, 0.25) is 0 Å². The topological polar surface area (TPSA) is 12.0 Å². The molecule has 0 bridgehead atoms. The third-order valence-corrected chi connectivity index (χ3v) is 3.06. The standard InChI is InChI=1S/C13H16F3N/c1-2-5-17-13(8-3-4-8)12-10(15)6-9(14)7-11(12)16/h6-8,13,17H,2-5H2,1H3. The maximum atomic E-state index is 13.7. The van der Waals surface area contributed by atoms with Gasteiger partial charge in [0.25, 0.3) is 0 Å². The minimum Gasteiger partial charge on any atom is -0.310 e. The molecule has 0 spiro atoms. The molecular weight excluding hydrogens is 227 g/mol. The van der Waals surface area contributed by atoms with Gasteiger partial charge in [-0.3, -0.25) is 0 Å². The number of benzene rings is 1. The molecule has 17 heavy (non-hydrogen) atoms. The van der Waals surface area contributed by atoms with Gasteiger partial charge in [0.15, 0.2) is 0 Å². The number of rotatable bonds is 5. The maximum Gasteiger partial charge on any atom is 0.133 e. The van der Waals surface area contributed by atoms with E-state index in [2.05, 4.69) is 5.32 Å². The molecular formula is C13H16F3N. The molecule has 0 aliphatic heterocycles. The lowest BCUT2D eigenvalue weighted by atomic mass is 10.0. The van der Waals surface area contributed by atoms with Crippen molar-refractivity contribution in [2.75, 3.05) is 6.54 Å². The van der Waals surface area contributed by atoms with Gasteiger partial charge in [-0.2, -0.15) is 0 Å². The van der Waals surface area contributed by atoms with Crippen LogP contribution >= 0.6 is 0 Å². The van der Waals surface area contributed by atoms with Gasteiger partial charge in [-0.25, -0.2) is 13.2 Å². The van der Waals surface area contributed by atoms with Crippen LogP contribution in [0.3, 0.4) is 0 Å². The predicted octanol–water partition coefficient (Wildman–Crippen LogP) is 3.55. The normalized spacial score (nSPS) is 17.2. The van der Waals surface area contributed by atoms with Crippen LogP contribution in [-0.4, -0.2) is 6.54 Å². The van der Waals surface area contributed by atoms with Crippen molar-refractivity contribution in [3.63, 3.8) is 0 Å². The van der Waals surface area contributed by atoms with Crippen molar-refractivity contribution >= 4 is 0 Å². The second-order valence-electron chi connectivity index (χ2n) is 4.55. The molecule has 1 saturated carbocycles. The van der Waals surface area contributed by atoms with Gasteiger partial charge in [-0.05, 0) is 31.7 Å². The quantitative estimate of drug-likeness (QED) is 0.833. The van der Waals surface area contributed by atoms with E-state index in [0.29, 0.717) is 6.54 Å². The molecule has 1 unspecified atom stereocenters. The van der Waals surface area contributed by atoms with E-state index in [9.17, 15) is 13.2 Å². The zero-order chi connectivity index (χ0) is 12.4. The molecule has 1 atom stereocenters. The Kier molecular flexibility index (Phi) is 3.72. The Hall–Kier alpha value is -1.03. The first-order valence-corrected chi connectivity index (χ1v) is 6.01. The predicted molar refractivity (Wildman–Crippen MR) is 60.1 cm³/mol. The van der Waals surface area contributed by atoms with Gasteiger partial charge in [0.2, 0.25) is 0 Å². The molecule has 0 radical (unpaired) electrons. The third kappa shape index (κ3) is 2.80. The summed E-state index contributed by atoms with van der Waals surface area (Å²) in [5.41, 5.74) is -0.0117. The smallest absolute Gasteiger partial charge is 0.133 e. The van der Waals surface area contributed by atoms with E-state index in [1.54, 1.807) is 0 Å². The van der Waals surface area contributed by atoms with Gasteiger partial charge in [-0.15, -0.1) is 0 Å². The van der Waals surface area contributed by atoms with Crippen LogP contribution in [0.25, 0.3) is 0 Å². The lowest BCUT2D eigenvalue weighted by Crippen LogP contribution is -2.26. The Bertz CT molecular complexity index is 379. The molecule has 0 heterocycles. The van der Waals surface area contributed by atoms with Crippen LogP contribution < -0.4 is 5.32 Å². The summed E-state index contributed by atoms with van der Waals surface area (Å²) in [6.07, 6.45) is 2.84. The first kappa shape index (κ1) is 12.4. The highest BCUT2D eigenvalue weighted by Crippen LogP contribution is 2.42. The summed E-state index contributed by atoms with van der Waals surface area (Å²) in [7, 11) is 0. The SMILES string of the molecule is CCCNC(c1c(F)cc(F)cc1F)C1CC1. The first-order chi connectivity index (χ1) is 8.13. The van der Waals surface area contributed by atoms with E-state index >= 15 is 0 Å². The Morgan fingerprint density at radius 3 is 2.29 bits per heavy atom. The van der Waals surface area contributed by atoms with E-state index in [1.165, 1.54) is 0 Å². The minimum absolute atomic E-state index is 0.0117. The average Bonchev–Trinajstić information content (AvgIpc) is 3.05. The largest absolute Gasteiger partial charge is 0.310 e. The third-order valence-electron chi connectivity index (χ3n) is 3.06. The summed E-state index contributed by atoms with van der Waals surface area (Å²) in [5.74, 6) is -2.17. The van der Waals surface area contributed by atoms with E-state index in [-0.39, 0.29) is 17.5 Å². The molecule has 0 aromatic heterocycles. The second-order valence-corrected chi connectivity index (χ2v) is 4.55. The fraction of sp³-hybridized carbons (Fsp3) is 0.538. The van der Waals surface area contributed by atoms with Gasteiger partial charge in [-0.1, -0.05) is 6.92 Å². The van der Waals surface area contributed by atoms with E-state index in [0.717, 1.165) is 31.4 Å². The van der Waals surface area contributed by atoms with Crippen molar-refractivity contribution < 1.29 is 13.2 Å². The van der Waals surface area contributed by atoms with Gasteiger partial charge in [0.1, 0.15) is 17.5 Å². The molecule has 1 aliphatic carbocycles. The zero-order valence-electron chi connectivity index (χ0n) is 9.77. The van der Waals surface area contributed by atoms with Crippen molar-refractivity contribution in [3.8, 4) is 0 Å². The summed E-state index contributed by atoms with van der Waals surface area (Å²) in [6.45, 7) is 2.70. The molecule has 1 aromatic carbocycles. The number of nitrogens with one attached hydrogen (secondary N) is 1. The van der Waals surface area contributed by atoms with Crippen LogP contribution in [0, 0.1) is 23.4 Å². The molecule has 0 amide bonds. The molecule has 94 valence electrons. The zero-order valence-corrected chi connectivity index (χ0v) is 9.77. The first-order valence-electron chi connectivity index (χ1n) is 6.01. The van der Waals surface area contributed by atoms with Crippen LogP contribution in [0.4, 0.5) is 13.2 Å². The van der Waals surface area contributed by atoms with Crippen LogP contribution in [0.5, 0.6) is 0 Å². The van der Waals surface area contributed by atoms with Gasteiger partial charge < -0.3 is 5.32 Å². The fourth-order valence-electron chi connectivity index (χ4n) is 2.08. The van der Waals surface area contributed by atoms with Crippen molar-refractivity contribution in [2.24, 2.45) is 5.92 Å². The lowest BCUT2D eigenvalue weighted by molar-refractivity contribution is 0.426. The van der Waals surface area contributed by atoms with Crippen molar-refractivity contribution in [3.05, 3.63) is 35.1 Å². The Morgan fingerprint density at radius 2 is 1.82 bits per heavy atom. The molecule has 1 aliphatic rings. The summed E-state index contributed by atoms with van der Waals surface area (Å²) in [4.78, 5) is 0. The fourth-order valence-corrected chi connectivity index (χ4v) is 2.08. The summed E-state index contributed by atoms with van der Waals surface area (Å²) in [5, 5.41) is 3.15. The average molecular weight is 243 g/mol. The number of halogens is 3. The second kappa shape index (κ2) is 5.08. The van der Waals surface area contributed by atoms with Crippen LogP contribution in [-0.2, 0) is 0 Å². The summed E-state index contributed by atoms with van der Waals surface area (Å²) < 4.78 is 40.2.